The molecule has 0 aliphatic rings. The van der Waals surface area contributed by atoms with Gasteiger partial charge in [-0.05, 0) is 56.5 Å². The molecule has 0 aliphatic carbocycles. The van der Waals surface area contributed by atoms with Crippen LogP contribution in [0.4, 0.5) is 11.5 Å². The molecule has 1 N–H and O–H groups in total. The highest BCUT2D eigenvalue weighted by Gasteiger charge is 2.06. The molecule has 5 heteroatoms. The van der Waals surface area contributed by atoms with Gasteiger partial charge >= 0.3 is 0 Å². The Morgan fingerprint density at radius 2 is 2.06 bits per heavy atom. The number of nitrogens with zero attached hydrogens (tertiary/aromatic N) is 1. The third-order valence-corrected chi connectivity index (χ3v) is 4.12. The topological polar surface area (TPSA) is 24.9 Å². The van der Waals surface area contributed by atoms with E-state index in [-0.39, 0.29) is 0 Å². The number of aryl methyl sites for hydroxylation is 1. The normalized spacial score (nSPS) is 10.4. The monoisotopic (exact) mass is 374 g/mol. The smallest absolute Gasteiger partial charge is 0.144 e. The van der Waals surface area contributed by atoms with E-state index in [1.165, 1.54) is 5.56 Å². The fourth-order valence-electron chi connectivity index (χ4n) is 1.38. The fourth-order valence-corrected chi connectivity index (χ4v) is 2.48. The number of halogens is 3. The lowest BCUT2D eigenvalue weighted by atomic mass is 10.2. The Morgan fingerprint density at radius 3 is 2.76 bits per heavy atom. The summed E-state index contributed by atoms with van der Waals surface area (Å²) >= 11 is 12.8. The van der Waals surface area contributed by atoms with E-state index in [1.807, 2.05) is 25.1 Å². The molecule has 1 aromatic carbocycles. The molecule has 0 amide bonds. The average Bonchev–Trinajstić information content (AvgIpc) is 2.28. The minimum absolute atomic E-state index is 0.603. The molecule has 17 heavy (non-hydrogen) atoms. The maximum absolute atomic E-state index is 5.85. The highest BCUT2D eigenvalue weighted by Crippen LogP contribution is 2.31. The van der Waals surface area contributed by atoms with Crippen molar-refractivity contribution in [2.75, 3.05) is 5.32 Å². The second-order valence-corrected chi connectivity index (χ2v) is 5.63. The van der Waals surface area contributed by atoms with Gasteiger partial charge in [0.05, 0.1) is 15.2 Å². The van der Waals surface area contributed by atoms with Crippen molar-refractivity contribution in [3.05, 3.63) is 50.0 Å². The first-order chi connectivity index (χ1) is 8.08. The van der Waals surface area contributed by atoms with Gasteiger partial charge in [-0.1, -0.05) is 23.7 Å². The maximum Gasteiger partial charge on any atom is 0.144 e. The first-order valence-electron chi connectivity index (χ1n) is 4.91. The van der Waals surface area contributed by atoms with Crippen LogP contribution < -0.4 is 5.32 Å². The van der Waals surface area contributed by atoms with Crippen LogP contribution in [0.25, 0.3) is 0 Å². The van der Waals surface area contributed by atoms with Crippen LogP contribution in [-0.4, -0.2) is 4.98 Å². The number of rotatable bonds is 2. The van der Waals surface area contributed by atoms with Gasteiger partial charge < -0.3 is 5.32 Å². The van der Waals surface area contributed by atoms with E-state index in [9.17, 15) is 0 Å². The standard InChI is InChI=1S/C12H9Br2ClN2/c1-7-3-2-4-10(11(7)14)17-12-9(13)5-8(15)6-16-12/h2-6H,1H3,(H,16,17). The van der Waals surface area contributed by atoms with Crippen LogP contribution in [-0.2, 0) is 0 Å². The molecule has 2 aromatic rings. The lowest BCUT2D eigenvalue weighted by molar-refractivity contribution is 1.28. The number of aromatic nitrogens is 1. The minimum atomic E-state index is 0.603. The van der Waals surface area contributed by atoms with Crippen molar-refractivity contribution in [1.29, 1.82) is 0 Å². The third-order valence-electron chi connectivity index (χ3n) is 2.25. The Hall–Kier alpha value is -0.580. The SMILES string of the molecule is Cc1cccc(Nc2ncc(Cl)cc2Br)c1Br. The summed E-state index contributed by atoms with van der Waals surface area (Å²) < 4.78 is 1.86. The molecule has 88 valence electrons. The number of hydrogen-bond acceptors (Lipinski definition) is 2. The van der Waals surface area contributed by atoms with E-state index in [0.29, 0.717) is 5.02 Å². The number of anilines is 2. The summed E-state index contributed by atoms with van der Waals surface area (Å²) in [6, 6.07) is 7.83. The lowest BCUT2D eigenvalue weighted by Crippen LogP contribution is -1.96. The number of nitrogens with one attached hydrogen (secondary N) is 1. The zero-order valence-corrected chi connectivity index (χ0v) is 12.9. The van der Waals surface area contributed by atoms with Crippen LogP contribution in [0.5, 0.6) is 0 Å². The van der Waals surface area contributed by atoms with Crippen LogP contribution in [0.1, 0.15) is 5.56 Å². The Bertz CT molecular complexity index is 558. The van der Waals surface area contributed by atoms with Crippen LogP contribution in [0, 0.1) is 6.92 Å². The zero-order valence-electron chi connectivity index (χ0n) is 8.97. The van der Waals surface area contributed by atoms with E-state index in [2.05, 4.69) is 42.2 Å². The summed E-state index contributed by atoms with van der Waals surface area (Å²) in [7, 11) is 0. The van der Waals surface area contributed by atoms with Gasteiger partial charge in [0.25, 0.3) is 0 Å². The molecule has 0 spiro atoms. The van der Waals surface area contributed by atoms with Gasteiger partial charge in [0.15, 0.2) is 0 Å². The third kappa shape index (κ3) is 3.00. The maximum atomic E-state index is 5.85. The first kappa shape index (κ1) is 12.9. The van der Waals surface area contributed by atoms with Crippen molar-refractivity contribution in [3.63, 3.8) is 0 Å². The molecule has 0 saturated carbocycles. The van der Waals surface area contributed by atoms with E-state index < -0.39 is 0 Å². The first-order valence-corrected chi connectivity index (χ1v) is 6.87. The molecular weight excluding hydrogens is 367 g/mol. The van der Waals surface area contributed by atoms with E-state index in [1.54, 1.807) is 12.3 Å². The molecule has 0 bridgehead atoms. The summed E-state index contributed by atoms with van der Waals surface area (Å²) in [6.45, 7) is 2.04. The molecule has 2 rings (SSSR count). The molecule has 0 saturated heterocycles. The van der Waals surface area contributed by atoms with Crippen LogP contribution in [0.2, 0.25) is 5.02 Å². The predicted octanol–water partition coefficient (Wildman–Crippen LogP) is 5.31. The average molecular weight is 376 g/mol. The van der Waals surface area contributed by atoms with Crippen LogP contribution >= 0.6 is 43.5 Å². The van der Waals surface area contributed by atoms with E-state index in [4.69, 9.17) is 11.6 Å². The summed E-state index contributed by atoms with van der Waals surface area (Å²) in [5.74, 6) is 0.737. The van der Waals surface area contributed by atoms with Crippen molar-refractivity contribution < 1.29 is 0 Å². The van der Waals surface area contributed by atoms with Crippen LogP contribution in [0.3, 0.4) is 0 Å². The highest BCUT2D eigenvalue weighted by atomic mass is 79.9. The van der Waals surface area contributed by atoms with Gasteiger partial charge in [0.1, 0.15) is 5.82 Å². The Balaban J connectivity index is 2.35. The van der Waals surface area contributed by atoms with E-state index in [0.717, 1.165) is 20.5 Å². The predicted molar refractivity (Wildman–Crippen MR) is 79.1 cm³/mol. The highest BCUT2D eigenvalue weighted by molar-refractivity contribution is 9.11. The Kier molecular flexibility index (Phi) is 4.07. The number of pyridine rings is 1. The summed E-state index contributed by atoms with van der Waals surface area (Å²) in [6.07, 6.45) is 1.61. The van der Waals surface area contributed by atoms with Crippen molar-refractivity contribution in [3.8, 4) is 0 Å². The molecule has 1 heterocycles. The van der Waals surface area contributed by atoms with E-state index >= 15 is 0 Å². The zero-order chi connectivity index (χ0) is 12.4. The fraction of sp³-hybridized carbons (Fsp3) is 0.0833. The minimum Gasteiger partial charge on any atom is -0.338 e. The largest absolute Gasteiger partial charge is 0.338 e. The van der Waals surface area contributed by atoms with Gasteiger partial charge in [0.2, 0.25) is 0 Å². The Morgan fingerprint density at radius 1 is 1.29 bits per heavy atom. The van der Waals surface area contributed by atoms with Crippen molar-refractivity contribution >= 4 is 55.0 Å². The Labute approximate surface area is 122 Å². The molecule has 0 fully saturated rings. The van der Waals surface area contributed by atoms with Crippen molar-refractivity contribution in [2.45, 2.75) is 6.92 Å². The van der Waals surface area contributed by atoms with Gasteiger partial charge in [-0.2, -0.15) is 0 Å². The second kappa shape index (κ2) is 5.38. The molecule has 1 aromatic heterocycles. The quantitative estimate of drug-likeness (QED) is 0.768. The van der Waals surface area contributed by atoms with Gasteiger partial charge in [-0.15, -0.1) is 0 Å². The summed E-state index contributed by atoms with van der Waals surface area (Å²) in [5.41, 5.74) is 2.14. The molecule has 0 aliphatic heterocycles. The van der Waals surface area contributed by atoms with Gasteiger partial charge in [-0.3, -0.25) is 0 Å². The molecule has 0 unspecified atom stereocenters. The molecule has 2 nitrogen and oxygen atoms in total. The van der Waals surface area contributed by atoms with Crippen molar-refractivity contribution in [2.24, 2.45) is 0 Å². The molecule has 0 radical (unpaired) electrons. The van der Waals surface area contributed by atoms with Gasteiger partial charge in [0, 0.05) is 10.7 Å². The summed E-state index contributed by atoms with van der Waals surface area (Å²) in [5, 5.41) is 3.85. The number of benzene rings is 1. The molecular formula is C12H9Br2ClN2. The van der Waals surface area contributed by atoms with Crippen LogP contribution in [0.15, 0.2) is 39.4 Å². The van der Waals surface area contributed by atoms with Gasteiger partial charge in [-0.25, -0.2) is 4.98 Å². The molecule has 0 atom stereocenters. The summed E-state index contributed by atoms with van der Waals surface area (Å²) in [4.78, 5) is 4.23. The van der Waals surface area contributed by atoms with Crippen molar-refractivity contribution in [1.82, 2.24) is 4.98 Å². The lowest BCUT2D eigenvalue weighted by Gasteiger charge is -2.10. The second-order valence-electron chi connectivity index (χ2n) is 3.55. The number of hydrogen-bond donors (Lipinski definition) is 1.